The third-order valence-corrected chi connectivity index (χ3v) is 8.36. The van der Waals surface area contributed by atoms with Crippen LogP contribution in [0.1, 0.15) is 19.3 Å². The first-order valence-corrected chi connectivity index (χ1v) is 13.2. The molecule has 6 rings (SSSR count). The number of rotatable bonds is 3. The van der Waals surface area contributed by atoms with E-state index in [1.807, 2.05) is 24.4 Å². The summed E-state index contributed by atoms with van der Waals surface area (Å²) in [7, 11) is 1.79. The zero-order valence-electron chi connectivity index (χ0n) is 20.6. The van der Waals surface area contributed by atoms with E-state index in [2.05, 4.69) is 21.0 Å². The first-order chi connectivity index (χ1) is 17.9. The number of halogens is 1. The topological polar surface area (TPSA) is 95.8 Å². The Balaban J connectivity index is 1.25. The Morgan fingerprint density at radius 3 is 2.70 bits per heavy atom. The van der Waals surface area contributed by atoms with Crippen LogP contribution in [0.15, 0.2) is 60.0 Å². The molecule has 10 heteroatoms. The maximum atomic E-state index is 14.6. The number of fused-ring (bicyclic) bond motifs is 1. The number of pyridine rings is 2. The second-order valence-corrected chi connectivity index (χ2v) is 11.0. The summed E-state index contributed by atoms with van der Waals surface area (Å²) in [6.07, 6.45) is 10.4. The van der Waals surface area contributed by atoms with Gasteiger partial charge < -0.3 is 9.64 Å². The third-order valence-electron chi connectivity index (χ3n) is 7.48. The van der Waals surface area contributed by atoms with Gasteiger partial charge in [-0.15, -0.1) is 0 Å². The zero-order valence-corrected chi connectivity index (χ0v) is 21.4. The highest BCUT2D eigenvalue weighted by molar-refractivity contribution is 8.13. The largest absolute Gasteiger partial charge is 0.381 e. The normalized spacial score (nSPS) is 17.1. The maximum absolute atomic E-state index is 14.6. The van der Waals surface area contributed by atoms with Gasteiger partial charge in [-0.2, -0.15) is 5.10 Å². The Bertz CT molecular complexity index is 1560. The quantitative estimate of drug-likeness (QED) is 0.235. The van der Waals surface area contributed by atoms with Gasteiger partial charge in [-0.25, -0.2) is 4.39 Å². The van der Waals surface area contributed by atoms with Crippen molar-refractivity contribution in [3.05, 3.63) is 66.4 Å². The Labute approximate surface area is 218 Å². The van der Waals surface area contributed by atoms with Crippen molar-refractivity contribution in [3.63, 3.8) is 0 Å². The summed E-state index contributed by atoms with van der Waals surface area (Å²) in [4.78, 5) is 7.95. The smallest absolute Gasteiger partial charge is 0.171 e. The lowest BCUT2D eigenvalue weighted by molar-refractivity contribution is 0.0254. The highest BCUT2D eigenvalue weighted by Gasteiger charge is 2.39. The minimum absolute atomic E-state index is 0.0408. The molecule has 0 bridgehead atoms. The van der Waals surface area contributed by atoms with Gasteiger partial charge in [-0.3, -0.25) is 25.1 Å². The summed E-state index contributed by atoms with van der Waals surface area (Å²) in [5.41, 5.74) is 3.28. The molecule has 8 nitrogen and oxygen atoms in total. The number of nitrogens with zero attached hydrogens (tertiary/aromatic N) is 5. The predicted molar refractivity (Wildman–Crippen MR) is 142 cm³/mol. The van der Waals surface area contributed by atoms with Crippen molar-refractivity contribution >= 4 is 33.5 Å². The molecule has 2 aliphatic rings. The molecule has 190 valence electrons. The molecule has 3 aromatic heterocycles. The van der Waals surface area contributed by atoms with Crippen LogP contribution >= 0.6 is 11.8 Å². The van der Waals surface area contributed by atoms with Crippen molar-refractivity contribution in [2.24, 2.45) is 12.5 Å². The minimum Gasteiger partial charge on any atom is -0.381 e. The molecule has 2 fully saturated rings. The van der Waals surface area contributed by atoms with Crippen LogP contribution in [-0.2, 0) is 11.8 Å². The minimum atomic E-state index is -0.688. The van der Waals surface area contributed by atoms with Gasteiger partial charge in [-0.05, 0) is 55.0 Å². The van der Waals surface area contributed by atoms with Crippen molar-refractivity contribution in [3.8, 4) is 11.1 Å². The van der Waals surface area contributed by atoms with Gasteiger partial charge in [0.1, 0.15) is 0 Å². The van der Waals surface area contributed by atoms with Gasteiger partial charge in [0.15, 0.2) is 16.5 Å². The number of hydrogen-bond acceptors (Lipinski definition) is 7. The van der Waals surface area contributed by atoms with Crippen LogP contribution in [-0.4, -0.2) is 50.8 Å². The first kappa shape index (κ1) is 23.9. The zero-order chi connectivity index (χ0) is 25.6. The fraction of sp³-hybridized carbons (Fsp3) is 0.333. The molecular weight excluding hydrogens is 489 g/mol. The summed E-state index contributed by atoms with van der Waals surface area (Å²) in [5, 5.41) is 22.0. The number of thioether (sulfide) groups is 1. The van der Waals surface area contributed by atoms with E-state index in [1.165, 1.54) is 28.8 Å². The third kappa shape index (κ3) is 4.67. The van der Waals surface area contributed by atoms with Crippen LogP contribution in [0.5, 0.6) is 0 Å². The van der Waals surface area contributed by atoms with E-state index < -0.39 is 5.82 Å². The van der Waals surface area contributed by atoms with Crippen molar-refractivity contribution in [2.75, 3.05) is 31.2 Å². The van der Waals surface area contributed by atoms with E-state index in [9.17, 15) is 4.39 Å². The summed E-state index contributed by atoms with van der Waals surface area (Å²) >= 11 is 1.18. The number of nitrogens with one attached hydrogen (secondary N) is 2. The highest BCUT2D eigenvalue weighted by Crippen LogP contribution is 2.41. The van der Waals surface area contributed by atoms with E-state index in [0.717, 1.165) is 66.2 Å². The van der Waals surface area contributed by atoms with E-state index in [0.29, 0.717) is 11.0 Å². The van der Waals surface area contributed by atoms with Gasteiger partial charge >= 0.3 is 0 Å². The van der Waals surface area contributed by atoms with Crippen molar-refractivity contribution < 1.29 is 9.13 Å². The molecule has 0 aliphatic carbocycles. The Morgan fingerprint density at radius 2 is 1.92 bits per heavy atom. The second-order valence-electron chi connectivity index (χ2n) is 9.94. The van der Waals surface area contributed by atoms with Gasteiger partial charge in [0.05, 0.1) is 23.6 Å². The molecule has 1 spiro atoms. The number of benzene rings is 1. The number of ether oxygens (including phenoxy) is 1. The molecule has 4 aromatic rings. The van der Waals surface area contributed by atoms with Gasteiger partial charge in [0.2, 0.25) is 0 Å². The molecule has 0 atom stereocenters. The van der Waals surface area contributed by atoms with Crippen molar-refractivity contribution in [2.45, 2.75) is 24.2 Å². The SMILES string of the molecule is Cn1cc(-c2cc(F)c(=N)n(C(=N)Sc3ccc4ncc(N5CCC6(CCOCC6)C5)cc4c3)c2)cn1. The van der Waals surface area contributed by atoms with Crippen LogP contribution in [0.4, 0.5) is 10.1 Å². The number of anilines is 1. The lowest BCUT2D eigenvalue weighted by Crippen LogP contribution is -2.33. The summed E-state index contributed by atoms with van der Waals surface area (Å²) in [6, 6.07) is 9.33. The van der Waals surface area contributed by atoms with Gasteiger partial charge in [0, 0.05) is 67.2 Å². The lowest BCUT2D eigenvalue weighted by atomic mass is 9.80. The fourth-order valence-corrected chi connectivity index (χ4v) is 6.10. The summed E-state index contributed by atoms with van der Waals surface area (Å²) in [6.45, 7) is 3.76. The van der Waals surface area contributed by atoms with Crippen LogP contribution in [0.3, 0.4) is 0 Å². The van der Waals surface area contributed by atoms with Gasteiger partial charge in [0.25, 0.3) is 0 Å². The molecule has 2 N–H and O–H groups in total. The fourth-order valence-electron chi connectivity index (χ4n) is 5.31. The van der Waals surface area contributed by atoms with Crippen LogP contribution in [0, 0.1) is 22.1 Å². The molecule has 1 aromatic carbocycles. The van der Waals surface area contributed by atoms with E-state index >= 15 is 0 Å². The lowest BCUT2D eigenvalue weighted by Gasteiger charge is -2.33. The predicted octanol–water partition coefficient (Wildman–Crippen LogP) is 4.64. The highest BCUT2D eigenvalue weighted by atomic mass is 32.2. The van der Waals surface area contributed by atoms with E-state index in [1.54, 1.807) is 30.3 Å². The average Bonchev–Trinajstić information content (AvgIpc) is 3.52. The monoisotopic (exact) mass is 517 g/mol. The van der Waals surface area contributed by atoms with E-state index in [-0.39, 0.29) is 10.7 Å². The number of aryl methyl sites for hydroxylation is 1. The molecule has 5 heterocycles. The molecule has 0 radical (unpaired) electrons. The number of hydrogen-bond donors (Lipinski definition) is 2. The first-order valence-electron chi connectivity index (χ1n) is 12.3. The molecule has 0 saturated carbocycles. The summed E-state index contributed by atoms with van der Waals surface area (Å²) in [5.74, 6) is -0.688. The Kier molecular flexibility index (Phi) is 6.08. The van der Waals surface area contributed by atoms with Crippen LogP contribution < -0.4 is 10.4 Å². The standard InChI is InChI=1S/C27H28FN7OS/c1-33-15-20(13-32-33)19-12-23(28)25(29)35(16-19)26(30)37-22-2-3-24-18(11-22)10-21(14-31-24)34-7-4-27(17-34)5-8-36-9-6-27/h2-3,10-16,29-30H,4-9,17H2,1H3. The average molecular weight is 518 g/mol. The Morgan fingerprint density at radius 1 is 1.08 bits per heavy atom. The number of aromatic nitrogens is 4. The molecule has 0 unspecified atom stereocenters. The maximum Gasteiger partial charge on any atom is 0.171 e. The molecule has 0 amide bonds. The Hall–Kier alpha value is -3.50. The van der Waals surface area contributed by atoms with Crippen molar-refractivity contribution in [1.29, 1.82) is 10.8 Å². The van der Waals surface area contributed by atoms with Crippen molar-refractivity contribution in [1.82, 2.24) is 19.3 Å². The molecule has 2 aliphatic heterocycles. The molecule has 37 heavy (non-hydrogen) atoms. The summed E-state index contributed by atoms with van der Waals surface area (Å²) < 4.78 is 23.1. The van der Waals surface area contributed by atoms with Crippen LogP contribution in [0.2, 0.25) is 0 Å². The second kappa shape index (κ2) is 9.42. The van der Waals surface area contributed by atoms with Crippen LogP contribution in [0.25, 0.3) is 22.0 Å². The van der Waals surface area contributed by atoms with Gasteiger partial charge in [-0.1, -0.05) is 11.8 Å². The molecular formula is C27H28FN7OS. The van der Waals surface area contributed by atoms with E-state index in [4.69, 9.17) is 15.6 Å². The molecule has 2 saturated heterocycles.